The maximum absolute atomic E-state index is 12.1. The Morgan fingerprint density at radius 2 is 2.03 bits per heavy atom. The van der Waals surface area contributed by atoms with Gasteiger partial charge < -0.3 is 14.6 Å². The van der Waals surface area contributed by atoms with Crippen LogP contribution in [0.25, 0.3) is 0 Å². The SMILES string of the molecule is CCOc1cc(/C=N\NC(=O)c2ccccc2O)ccc1Oc1ccc([N+](=O)[O-])cn1. The molecule has 0 aliphatic rings. The van der Waals surface area contributed by atoms with E-state index >= 15 is 0 Å². The molecule has 2 N–H and O–H groups in total. The molecule has 0 spiro atoms. The van der Waals surface area contributed by atoms with Gasteiger partial charge in [-0.1, -0.05) is 12.1 Å². The largest absolute Gasteiger partial charge is 0.507 e. The van der Waals surface area contributed by atoms with E-state index in [0.29, 0.717) is 23.7 Å². The zero-order valence-electron chi connectivity index (χ0n) is 16.4. The molecule has 3 aromatic rings. The fourth-order valence-electron chi connectivity index (χ4n) is 2.50. The minimum Gasteiger partial charge on any atom is -0.507 e. The molecule has 1 heterocycles. The first-order chi connectivity index (χ1) is 15.0. The number of nitro groups is 1. The van der Waals surface area contributed by atoms with Gasteiger partial charge in [-0.25, -0.2) is 10.4 Å². The zero-order chi connectivity index (χ0) is 22.2. The van der Waals surface area contributed by atoms with Gasteiger partial charge in [0.2, 0.25) is 5.88 Å². The van der Waals surface area contributed by atoms with Crippen LogP contribution in [-0.4, -0.2) is 33.7 Å². The van der Waals surface area contributed by atoms with Crippen molar-refractivity contribution < 1.29 is 24.3 Å². The summed E-state index contributed by atoms with van der Waals surface area (Å²) in [6.45, 7) is 2.18. The Labute approximate surface area is 176 Å². The van der Waals surface area contributed by atoms with Gasteiger partial charge in [-0.05, 0) is 42.8 Å². The number of benzene rings is 2. The van der Waals surface area contributed by atoms with Crippen molar-refractivity contribution >= 4 is 17.8 Å². The number of rotatable bonds is 8. The molecule has 0 aliphatic carbocycles. The Kier molecular flexibility index (Phi) is 6.74. The first kappa shape index (κ1) is 21.2. The standard InChI is InChI=1S/C21H18N4O6/c1-2-30-19-11-14(12-23-24-21(27)16-5-3-4-6-17(16)26)7-9-18(19)31-20-10-8-15(13-22-20)25(28)29/h3-13,26H,2H2,1H3,(H,24,27)/b23-12-. The number of ether oxygens (including phenoxy) is 2. The van der Waals surface area contributed by atoms with Crippen LogP contribution in [0.2, 0.25) is 0 Å². The Hall–Kier alpha value is -4.47. The number of hydrogen-bond donors (Lipinski definition) is 2. The Morgan fingerprint density at radius 1 is 1.23 bits per heavy atom. The van der Waals surface area contributed by atoms with E-state index in [1.165, 1.54) is 30.5 Å². The van der Waals surface area contributed by atoms with Gasteiger partial charge in [-0.3, -0.25) is 14.9 Å². The highest BCUT2D eigenvalue weighted by Gasteiger charge is 2.11. The second-order valence-electron chi connectivity index (χ2n) is 6.07. The fourth-order valence-corrected chi connectivity index (χ4v) is 2.50. The summed E-state index contributed by atoms with van der Waals surface area (Å²) in [6.07, 6.45) is 2.51. The molecule has 10 nitrogen and oxygen atoms in total. The quantitative estimate of drug-likeness (QED) is 0.321. The summed E-state index contributed by atoms with van der Waals surface area (Å²) >= 11 is 0. The van der Waals surface area contributed by atoms with Crippen LogP contribution in [-0.2, 0) is 0 Å². The van der Waals surface area contributed by atoms with Gasteiger partial charge in [-0.2, -0.15) is 5.10 Å². The van der Waals surface area contributed by atoms with Crippen molar-refractivity contribution in [2.45, 2.75) is 6.92 Å². The first-order valence-corrected chi connectivity index (χ1v) is 9.14. The summed E-state index contributed by atoms with van der Waals surface area (Å²) in [5.74, 6) is 0.235. The van der Waals surface area contributed by atoms with Crippen molar-refractivity contribution in [1.29, 1.82) is 0 Å². The average molecular weight is 422 g/mol. The zero-order valence-corrected chi connectivity index (χ0v) is 16.4. The maximum Gasteiger partial charge on any atom is 0.287 e. The molecule has 1 aromatic heterocycles. The van der Waals surface area contributed by atoms with Crippen LogP contribution in [0, 0.1) is 10.1 Å². The molecule has 2 aromatic carbocycles. The summed E-state index contributed by atoms with van der Waals surface area (Å²) in [7, 11) is 0. The molecular weight excluding hydrogens is 404 g/mol. The molecule has 31 heavy (non-hydrogen) atoms. The number of nitrogens with one attached hydrogen (secondary N) is 1. The van der Waals surface area contributed by atoms with Gasteiger partial charge in [0.15, 0.2) is 11.5 Å². The smallest absolute Gasteiger partial charge is 0.287 e. The minimum atomic E-state index is -0.552. The van der Waals surface area contributed by atoms with Gasteiger partial charge in [0, 0.05) is 12.1 Å². The van der Waals surface area contributed by atoms with E-state index in [9.17, 15) is 20.0 Å². The third kappa shape index (κ3) is 5.54. The van der Waals surface area contributed by atoms with Crippen LogP contribution in [0.15, 0.2) is 65.9 Å². The summed E-state index contributed by atoms with van der Waals surface area (Å²) < 4.78 is 11.2. The lowest BCUT2D eigenvalue weighted by molar-refractivity contribution is -0.385. The number of pyridine rings is 1. The molecule has 0 saturated heterocycles. The molecule has 0 fully saturated rings. The molecular formula is C21H18N4O6. The number of para-hydroxylation sites is 1. The fraction of sp³-hybridized carbons (Fsp3) is 0.0952. The number of hydrogen-bond acceptors (Lipinski definition) is 8. The van der Waals surface area contributed by atoms with E-state index in [4.69, 9.17) is 9.47 Å². The topological polar surface area (TPSA) is 136 Å². The van der Waals surface area contributed by atoms with Crippen LogP contribution >= 0.6 is 0 Å². The second-order valence-corrected chi connectivity index (χ2v) is 6.07. The Balaban J connectivity index is 1.72. The maximum atomic E-state index is 12.1. The number of phenolic OH excluding ortho intramolecular Hbond substituents is 1. The van der Waals surface area contributed by atoms with Crippen molar-refractivity contribution in [3.05, 3.63) is 82.0 Å². The number of hydrazone groups is 1. The molecule has 0 saturated carbocycles. The van der Waals surface area contributed by atoms with Crippen molar-refractivity contribution in [2.75, 3.05) is 6.61 Å². The highest BCUT2D eigenvalue weighted by Crippen LogP contribution is 2.32. The third-order valence-corrected chi connectivity index (χ3v) is 3.94. The van der Waals surface area contributed by atoms with Crippen LogP contribution in [0.3, 0.4) is 0 Å². The lowest BCUT2D eigenvalue weighted by atomic mass is 10.2. The van der Waals surface area contributed by atoms with Gasteiger partial charge in [0.25, 0.3) is 11.6 Å². The highest BCUT2D eigenvalue weighted by molar-refractivity contribution is 5.97. The lowest BCUT2D eigenvalue weighted by Gasteiger charge is -2.11. The molecule has 3 rings (SSSR count). The van der Waals surface area contributed by atoms with Gasteiger partial charge in [0.05, 0.1) is 23.3 Å². The molecule has 10 heteroatoms. The summed E-state index contributed by atoms with van der Waals surface area (Å²) in [5.41, 5.74) is 2.92. The van der Waals surface area contributed by atoms with Crippen LogP contribution in [0.4, 0.5) is 5.69 Å². The van der Waals surface area contributed by atoms with Crippen LogP contribution in [0.1, 0.15) is 22.8 Å². The summed E-state index contributed by atoms with van der Waals surface area (Å²) in [5, 5.41) is 24.3. The number of nitrogens with zero attached hydrogens (tertiary/aromatic N) is 3. The van der Waals surface area contributed by atoms with Gasteiger partial charge >= 0.3 is 0 Å². The van der Waals surface area contributed by atoms with Gasteiger partial charge in [0.1, 0.15) is 11.9 Å². The molecule has 0 radical (unpaired) electrons. The monoisotopic (exact) mass is 422 g/mol. The van der Waals surface area contributed by atoms with Crippen molar-refractivity contribution in [3.63, 3.8) is 0 Å². The molecule has 158 valence electrons. The number of phenols is 1. The van der Waals surface area contributed by atoms with E-state index < -0.39 is 10.8 Å². The Bertz CT molecular complexity index is 1120. The van der Waals surface area contributed by atoms with Gasteiger partial charge in [-0.15, -0.1) is 0 Å². The lowest BCUT2D eigenvalue weighted by Crippen LogP contribution is -2.17. The van der Waals surface area contributed by atoms with Crippen LogP contribution < -0.4 is 14.9 Å². The highest BCUT2D eigenvalue weighted by atomic mass is 16.6. The van der Waals surface area contributed by atoms with E-state index in [0.717, 1.165) is 6.20 Å². The van der Waals surface area contributed by atoms with Crippen LogP contribution in [0.5, 0.6) is 23.1 Å². The average Bonchev–Trinajstić information content (AvgIpc) is 2.76. The van der Waals surface area contributed by atoms with E-state index in [2.05, 4.69) is 15.5 Å². The summed E-state index contributed by atoms with van der Waals surface area (Å²) in [4.78, 5) is 26.2. The minimum absolute atomic E-state index is 0.106. The van der Waals surface area contributed by atoms with E-state index in [1.807, 2.05) is 0 Å². The second kappa shape index (κ2) is 9.83. The molecule has 0 bridgehead atoms. The third-order valence-electron chi connectivity index (χ3n) is 3.94. The number of aromatic hydroxyl groups is 1. The Morgan fingerprint density at radius 3 is 2.71 bits per heavy atom. The van der Waals surface area contributed by atoms with Crippen molar-refractivity contribution in [2.24, 2.45) is 5.10 Å². The summed E-state index contributed by atoms with van der Waals surface area (Å²) in [6, 6.07) is 13.8. The van der Waals surface area contributed by atoms with E-state index in [-0.39, 0.29) is 22.9 Å². The number of carbonyl (C=O) groups is 1. The van der Waals surface area contributed by atoms with Crippen molar-refractivity contribution in [1.82, 2.24) is 10.4 Å². The molecule has 0 atom stereocenters. The molecule has 0 unspecified atom stereocenters. The normalized spacial score (nSPS) is 10.6. The van der Waals surface area contributed by atoms with E-state index in [1.54, 1.807) is 37.3 Å². The predicted octanol–water partition coefficient (Wildman–Crippen LogP) is 3.65. The number of aromatic nitrogens is 1. The first-order valence-electron chi connectivity index (χ1n) is 9.14. The van der Waals surface area contributed by atoms with Crippen molar-refractivity contribution in [3.8, 4) is 23.1 Å². The predicted molar refractivity (Wildman–Crippen MR) is 112 cm³/mol. The number of carbonyl (C=O) groups excluding carboxylic acids is 1. The molecule has 1 amide bonds. The number of amides is 1. The molecule has 0 aliphatic heterocycles.